The van der Waals surface area contributed by atoms with Gasteiger partial charge in [-0.05, 0) is 24.1 Å². The molecule has 0 heterocycles. The first-order chi connectivity index (χ1) is 9.12. The molecule has 0 saturated carbocycles. The Labute approximate surface area is 111 Å². The molecule has 0 saturated heterocycles. The Bertz CT molecular complexity index is 482. The van der Waals surface area contributed by atoms with Gasteiger partial charge in [0.05, 0.1) is 14.2 Å². The highest BCUT2D eigenvalue weighted by molar-refractivity contribution is 5.76. The van der Waals surface area contributed by atoms with Crippen LogP contribution in [0.1, 0.15) is 5.56 Å². The summed E-state index contributed by atoms with van der Waals surface area (Å²) in [6.45, 7) is -0.293. The number of ether oxygens (including phenoxy) is 3. The lowest BCUT2D eigenvalue weighted by Gasteiger charge is -2.12. The van der Waals surface area contributed by atoms with E-state index >= 15 is 0 Å². The van der Waals surface area contributed by atoms with Gasteiger partial charge in [0.1, 0.15) is 12.1 Å². The molecule has 0 bridgehead atoms. The largest absolute Gasteiger partial charge is 0.493 e. The maximum atomic E-state index is 11.4. The Balaban J connectivity index is 2.72. The number of carbonyl (C=O) groups is 1. The predicted octanol–water partition coefficient (Wildman–Crippen LogP) is 0.640. The molecule has 102 valence electrons. The maximum Gasteiger partial charge on any atom is 0.324 e. The van der Waals surface area contributed by atoms with E-state index in [-0.39, 0.29) is 6.61 Å². The molecule has 6 nitrogen and oxygen atoms in total. The van der Waals surface area contributed by atoms with Crippen molar-refractivity contribution in [2.45, 2.75) is 12.5 Å². The van der Waals surface area contributed by atoms with E-state index in [0.717, 1.165) is 5.56 Å². The molecule has 0 aliphatic rings. The van der Waals surface area contributed by atoms with E-state index in [9.17, 15) is 4.79 Å². The fourth-order valence-corrected chi connectivity index (χ4v) is 1.56. The normalized spacial score (nSPS) is 11.3. The Morgan fingerprint density at radius 1 is 1.37 bits per heavy atom. The summed E-state index contributed by atoms with van der Waals surface area (Å²) in [5.74, 6) is 0.570. The molecule has 6 heteroatoms. The van der Waals surface area contributed by atoms with E-state index in [4.69, 9.17) is 20.5 Å². The van der Waals surface area contributed by atoms with Crippen LogP contribution in [-0.2, 0) is 16.0 Å². The van der Waals surface area contributed by atoms with Crippen LogP contribution in [0.5, 0.6) is 11.5 Å². The van der Waals surface area contributed by atoms with Crippen LogP contribution < -0.4 is 15.2 Å². The summed E-state index contributed by atoms with van der Waals surface area (Å²) >= 11 is 0. The van der Waals surface area contributed by atoms with Crippen molar-refractivity contribution >= 4 is 5.97 Å². The van der Waals surface area contributed by atoms with Crippen LogP contribution in [0.15, 0.2) is 18.2 Å². The van der Waals surface area contributed by atoms with Gasteiger partial charge in [-0.3, -0.25) is 4.79 Å². The Morgan fingerprint density at radius 3 is 2.63 bits per heavy atom. The number of methoxy groups -OCH3 is 2. The first-order valence-electron chi connectivity index (χ1n) is 5.62. The van der Waals surface area contributed by atoms with Crippen LogP contribution in [0.2, 0.25) is 0 Å². The zero-order valence-electron chi connectivity index (χ0n) is 10.9. The molecule has 19 heavy (non-hydrogen) atoms. The van der Waals surface area contributed by atoms with E-state index < -0.39 is 12.0 Å². The molecule has 0 aromatic heterocycles. The second-order valence-corrected chi connectivity index (χ2v) is 3.77. The van der Waals surface area contributed by atoms with Crippen molar-refractivity contribution in [3.8, 4) is 17.6 Å². The molecule has 0 fully saturated rings. The van der Waals surface area contributed by atoms with Crippen LogP contribution in [-0.4, -0.2) is 32.8 Å². The molecule has 2 N–H and O–H groups in total. The smallest absolute Gasteiger partial charge is 0.324 e. The molecule has 0 radical (unpaired) electrons. The van der Waals surface area contributed by atoms with Crippen LogP contribution >= 0.6 is 0 Å². The first-order valence-corrected chi connectivity index (χ1v) is 5.62. The number of hydrogen-bond donors (Lipinski definition) is 1. The second kappa shape index (κ2) is 7.24. The van der Waals surface area contributed by atoms with E-state index in [1.807, 2.05) is 0 Å². The number of hydrogen-bond acceptors (Lipinski definition) is 6. The summed E-state index contributed by atoms with van der Waals surface area (Å²) in [4.78, 5) is 11.4. The van der Waals surface area contributed by atoms with Gasteiger partial charge in [-0.25, -0.2) is 0 Å². The van der Waals surface area contributed by atoms with Crippen molar-refractivity contribution in [1.82, 2.24) is 0 Å². The van der Waals surface area contributed by atoms with E-state index in [0.29, 0.717) is 17.9 Å². The van der Waals surface area contributed by atoms with Crippen molar-refractivity contribution in [1.29, 1.82) is 5.26 Å². The van der Waals surface area contributed by atoms with Gasteiger partial charge in [0.15, 0.2) is 18.1 Å². The van der Waals surface area contributed by atoms with Crippen molar-refractivity contribution in [2.75, 3.05) is 20.8 Å². The monoisotopic (exact) mass is 264 g/mol. The third-order valence-corrected chi connectivity index (χ3v) is 2.49. The molecular weight excluding hydrogens is 248 g/mol. The lowest BCUT2D eigenvalue weighted by atomic mass is 10.1. The van der Waals surface area contributed by atoms with Crippen molar-refractivity contribution in [3.05, 3.63) is 23.8 Å². The van der Waals surface area contributed by atoms with Gasteiger partial charge in [-0.1, -0.05) is 6.07 Å². The third-order valence-electron chi connectivity index (χ3n) is 2.49. The second-order valence-electron chi connectivity index (χ2n) is 3.77. The standard InChI is InChI=1S/C13H16N2O4/c1-17-11-4-3-9(8-12(11)18-2)7-10(15)13(16)19-6-5-14/h3-4,8,10H,6-7,15H2,1-2H3/t10-/m0/s1. The van der Waals surface area contributed by atoms with Gasteiger partial charge in [0, 0.05) is 0 Å². The van der Waals surface area contributed by atoms with E-state index in [1.165, 1.54) is 7.11 Å². The minimum Gasteiger partial charge on any atom is -0.493 e. The average Bonchev–Trinajstić information content (AvgIpc) is 2.44. The van der Waals surface area contributed by atoms with Gasteiger partial charge >= 0.3 is 5.97 Å². The van der Waals surface area contributed by atoms with E-state index in [1.54, 1.807) is 31.4 Å². The van der Waals surface area contributed by atoms with Gasteiger partial charge < -0.3 is 19.9 Å². The average molecular weight is 264 g/mol. The summed E-state index contributed by atoms with van der Waals surface area (Å²) in [6, 6.07) is 6.18. The number of nitrogens with zero attached hydrogens (tertiary/aromatic N) is 1. The minimum absolute atomic E-state index is 0.293. The molecular formula is C13H16N2O4. The van der Waals surface area contributed by atoms with Crippen LogP contribution in [0.4, 0.5) is 0 Å². The Kier molecular flexibility index (Phi) is 5.64. The van der Waals surface area contributed by atoms with Crippen LogP contribution in [0, 0.1) is 11.3 Å². The van der Waals surface area contributed by atoms with Gasteiger partial charge in [-0.2, -0.15) is 5.26 Å². The summed E-state index contributed by atoms with van der Waals surface area (Å²) in [5, 5.41) is 8.31. The lowest BCUT2D eigenvalue weighted by Crippen LogP contribution is -2.34. The number of nitriles is 1. The summed E-state index contributed by atoms with van der Waals surface area (Å²) in [7, 11) is 3.07. The van der Waals surface area contributed by atoms with Crippen molar-refractivity contribution in [3.63, 3.8) is 0 Å². The fraction of sp³-hybridized carbons (Fsp3) is 0.385. The zero-order chi connectivity index (χ0) is 14.3. The molecule has 0 amide bonds. The molecule has 0 aliphatic carbocycles. The molecule has 1 rings (SSSR count). The quantitative estimate of drug-likeness (QED) is 0.758. The first kappa shape index (κ1) is 14.8. The zero-order valence-corrected chi connectivity index (χ0v) is 10.9. The molecule has 1 atom stereocenters. The van der Waals surface area contributed by atoms with Crippen molar-refractivity contribution < 1.29 is 19.0 Å². The predicted molar refractivity (Wildman–Crippen MR) is 67.8 cm³/mol. The van der Waals surface area contributed by atoms with E-state index in [2.05, 4.69) is 4.74 Å². The van der Waals surface area contributed by atoms with Crippen molar-refractivity contribution in [2.24, 2.45) is 5.73 Å². The Morgan fingerprint density at radius 2 is 2.05 bits per heavy atom. The van der Waals surface area contributed by atoms with Crippen LogP contribution in [0.3, 0.4) is 0 Å². The Hall–Kier alpha value is -2.26. The molecule has 1 aromatic rings. The SMILES string of the molecule is COc1ccc(C[C@H](N)C(=O)OCC#N)cc1OC. The summed E-state index contributed by atoms with van der Waals surface area (Å²) < 4.78 is 14.9. The molecule has 0 unspecified atom stereocenters. The van der Waals surface area contributed by atoms with Gasteiger partial charge in [0.2, 0.25) is 0 Å². The maximum absolute atomic E-state index is 11.4. The van der Waals surface area contributed by atoms with Gasteiger partial charge in [-0.15, -0.1) is 0 Å². The number of rotatable bonds is 6. The van der Waals surface area contributed by atoms with Gasteiger partial charge in [0.25, 0.3) is 0 Å². The summed E-state index contributed by atoms with van der Waals surface area (Å²) in [6.07, 6.45) is 0.296. The molecule has 0 aliphatic heterocycles. The number of carbonyl (C=O) groups excluding carboxylic acids is 1. The number of benzene rings is 1. The summed E-state index contributed by atoms with van der Waals surface area (Å²) in [5.41, 5.74) is 6.51. The highest BCUT2D eigenvalue weighted by Gasteiger charge is 2.16. The third kappa shape index (κ3) is 4.16. The minimum atomic E-state index is -0.813. The number of nitrogens with two attached hydrogens (primary N) is 1. The topological polar surface area (TPSA) is 94.6 Å². The number of esters is 1. The molecule has 0 spiro atoms. The molecule has 1 aromatic carbocycles. The highest BCUT2D eigenvalue weighted by atomic mass is 16.5. The highest BCUT2D eigenvalue weighted by Crippen LogP contribution is 2.27. The lowest BCUT2D eigenvalue weighted by molar-refractivity contribution is -0.143. The fourth-order valence-electron chi connectivity index (χ4n) is 1.56. The van der Waals surface area contributed by atoms with Crippen LogP contribution in [0.25, 0.3) is 0 Å².